The van der Waals surface area contributed by atoms with Crippen LogP contribution in [0.1, 0.15) is 0 Å². The van der Waals surface area contributed by atoms with Crippen LogP contribution < -0.4 is 0 Å². The van der Waals surface area contributed by atoms with E-state index < -0.39 is 7.82 Å². The van der Waals surface area contributed by atoms with E-state index in [9.17, 15) is 4.57 Å². The minimum absolute atomic E-state index is 0.277. The number of hydrogen-bond acceptors (Lipinski definition) is 4. The van der Waals surface area contributed by atoms with Crippen molar-refractivity contribution in [3.05, 3.63) is 0 Å². The molecule has 0 aromatic carbocycles. The molecule has 0 N–H and O–H groups in total. The Morgan fingerprint density at radius 1 is 1.56 bits per heavy atom. The summed E-state index contributed by atoms with van der Waals surface area (Å²) in [6, 6.07) is 0. The average Bonchev–Trinajstić information content (AvgIpc) is 2.16. The van der Waals surface area contributed by atoms with E-state index >= 15 is 0 Å². The monoisotopic (exact) mass is 148 g/mol. The number of phosphoric ester groups is 1. The number of phosphoric acid groups is 1. The summed E-state index contributed by atoms with van der Waals surface area (Å²) in [5.74, 6) is 0. The minimum Gasteiger partial charge on any atom is -0.350 e. The third-order valence-electron chi connectivity index (χ3n) is 0.747. The fraction of sp³-hybridized carbons (Fsp3) is 0.500. The van der Waals surface area contributed by atoms with Gasteiger partial charge in [0.25, 0.3) is 0 Å². The van der Waals surface area contributed by atoms with Gasteiger partial charge in [0.05, 0.1) is 13.2 Å². The van der Waals surface area contributed by atoms with E-state index in [2.05, 4.69) is 20.0 Å². The van der Waals surface area contributed by atoms with Gasteiger partial charge < -0.3 is 4.52 Å². The highest BCUT2D eigenvalue weighted by Gasteiger charge is 2.32. The fourth-order valence-corrected chi connectivity index (χ4v) is 1.36. The fourth-order valence-electron chi connectivity index (χ4n) is 0.453. The lowest BCUT2D eigenvalue weighted by atomic mass is 10.8. The van der Waals surface area contributed by atoms with Crippen LogP contribution in [0.25, 0.3) is 0 Å². The van der Waals surface area contributed by atoms with E-state index in [4.69, 9.17) is 0 Å². The molecule has 0 unspecified atom stereocenters. The smallest absolute Gasteiger partial charge is 0.350 e. The molecule has 50 valence electrons. The van der Waals surface area contributed by atoms with Gasteiger partial charge in [-0.1, -0.05) is 6.42 Å². The largest absolute Gasteiger partial charge is 0.538 e. The summed E-state index contributed by atoms with van der Waals surface area (Å²) in [4.78, 5) is 0. The maximum Gasteiger partial charge on any atom is 0.538 e. The van der Waals surface area contributed by atoms with Gasteiger partial charge in [-0.15, -0.1) is 0 Å². The van der Waals surface area contributed by atoms with Crippen LogP contribution in [-0.2, 0) is 18.1 Å². The Balaban J connectivity index is 2.54. The zero-order valence-electron chi connectivity index (χ0n) is 4.57. The van der Waals surface area contributed by atoms with E-state index in [-0.39, 0.29) is 13.2 Å². The van der Waals surface area contributed by atoms with Crippen molar-refractivity contribution in [1.29, 1.82) is 0 Å². The van der Waals surface area contributed by atoms with Gasteiger partial charge in [-0.3, -0.25) is 9.05 Å². The summed E-state index contributed by atoms with van der Waals surface area (Å²) >= 11 is 0. The molecule has 1 heterocycles. The number of hydrogen-bond donors (Lipinski definition) is 0. The van der Waals surface area contributed by atoms with Crippen LogP contribution in [-0.4, -0.2) is 13.2 Å². The predicted octanol–water partition coefficient (Wildman–Crippen LogP) is 0.749. The van der Waals surface area contributed by atoms with Crippen molar-refractivity contribution in [1.82, 2.24) is 0 Å². The first-order valence-electron chi connectivity index (χ1n) is 2.30. The molecule has 1 aliphatic rings. The number of rotatable bonds is 1. The second-order valence-corrected chi connectivity index (χ2v) is 2.92. The summed E-state index contributed by atoms with van der Waals surface area (Å²) in [7, 11) is -3.31. The minimum atomic E-state index is -3.31. The molecule has 5 heteroatoms. The normalized spacial score (nSPS) is 23.0. The SMILES string of the molecule is C#COP1(=O)OCCO1. The molecule has 0 aliphatic carbocycles. The van der Waals surface area contributed by atoms with Gasteiger partial charge in [0, 0.05) is 0 Å². The second-order valence-electron chi connectivity index (χ2n) is 1.32. The van der Waals surface area contributed by atoms with Crippen LogP contribution in [0.15, 0.2) is 0 Å². The molecule has 9 heavy (non-hydrogen) atoms. The van der Waals surface area contributed by atoms with Crippen molar-refractivity contribution >= 4 is 7.82 Å². The van der Waals surface area contributed by atoms with Crippen molar-refractivity contribution in [2.75, 3.05) is 13.2 Å². The molecule has 4 nitrogen and oxygen atoms in total. The van der Waals surface area contributed by atoms with Crippen molar-refractivity contribution in [3.8, 4) is 12.5 Å². The standard InChI is InChI=1S/C4H5O4P/c1-2-6-9(5)7-3-4-8-9/h1H,3-4H2. The van der Waals surface area contributed by atoms with Gasteiger partial charge in [-0.2, -0.15) is 0 Å². The Bertz CT molecular complexity index is 171. The zero-order chi connectivity index (χ0) is 6.74. The van der Waals surface area contributed by atoms with E-state index in [1.807, 2.05) is 0 Å². The molecule has 0 saturated carbocycles. The van der Waals surface area contributed by atoms with Gasteiger partial charge in [0.2, 0.25) is 0 Å². The Hall–Kier alpha value is -0.490. The van der Waals surface area contributed by atoms with Crippen molar-refractivity contribution in [3.63, 3.8) is 0 Å². The molecule has 0 amide bonds. The topological polar surface area (TPSA) is 44.8 Å². The van der Waals surface area contributed by atoms with Crippen LogP contribution in [0, 0.1) is 12.5 Å². The van der Waals surface area contributed by atoms with Gasteiger partial charge in [0.15, 0.2) is 0 Å². The first-order chi connectivity index (χ1) is 4.27. The predicted molar refractivity (Wildman–Crippen MR) is 29.4 cm³/mol. The van der Waals surface area contributed by atoms with Crippen molar-refractivity contribution in [2.24, 2.45) is 0 Å². The molecule has 1 fully saturated rings. The molecule has 0 atom stereocenters. The molecule has 0 aromatic heterocycles. The van der Waals surface area contributed by atoms with E-state index in [1.165, 1.54) is 0 Å². The zero-order valence-corrected chi connectivity index (χ0v) is 5.47. The molecule has 1 saturated heterocycles. The van der Waals surface area contributed by atoms with Crippen LogP contribution >= 0.6 is 7.82 Å². The van der Waals surface area contributed by atoms with E-state index in [0.29, 0.717) is 0 Å². The van der Waals surface area contributed by atoms with Crippen molar-refractivity contribution < 1.29 is 18.1 Å². The highest BCUT2D eigenvalue weighted by atomic mass is 31.2. The van der Waals surface area contributed by atoms with Gasteiger partial charge in [0.1, 0.15) is 6.11 Å². The summed E-state index contributed by atoms with van der Waals surface area (Å²) in [6.07, 6.45) is 6.43. The Morgan fingerprint density at radius 3 is 2.56 bits per heavy atom. The van der Waals surface area contributed by atoms with Crippen LogP contribution in [0.2, 0.25) is 0 Å². The van der Waals surface area contributed by atoms with Gasteiger partial charge in [-0.25, -0.2) is 4.57 Å². The first kappa shape index (κ1) is 6.63. The lowest BCUT2D eigenvalue weighted by Gasteiger charge is -2.01. The maximum atomic E-state index is 10.8. The summed E-state index contributed by atoms with van der Waals surface area (Å²) in [5.41, 5.74) is 0. The van der Waals surface area contributed by atoms with Crippen molar-refractivity contribution in [2.45, 2.75) is 0 Å². The maximum absolute atomic E-state index is 10.8. The summed E-state index contributed by atoms with van der Waals surface area (Å²) < 4.78 is 24.1. The van der Waals surface area contributed by atoms with Gasteiger partial charge >= 0.3 is 7.82 Å². The van der Waals surface area contributed by atoms with Gasteiger partial charge in [-0.05, 0) is 0 Å². The lowest BCUT2D eigenvalue weighted by molar-refractivity contribution is 0.257. The average molecular weight is 148 g/mol. The third kappa shape index (κ3) is 1.46. The summed E-state index contributed by atoms with van der Waals surface area (Å²) in [6.45, 7) is 0.553. The third-order valence-corrected chi connectivity index (χ3v) is 2.07. The van der Waals surface area contributed by atoms with Crippen LogP contribution in [0.3, 0.4) is 0 Å². The van der Waals surface area contributed by atoms with E-state index in [0.717, 1.165) is 0 Å². The molecule has 0 radical (unpaired) electrons. The highest BCUT2D eigenvalue weighted by molar-refractivity contribution is 7.48. The quantitative estimate of drug-likeness (QED) is 0.406. The molecule has 0 bridgehead atoms. The highest BCUT2D eigenvalue weighted by Crippen LogP contribution is 2.52. The Labute approximate surface area is 52.7 Å². The number of terminal acetylenes is 1. The summed E-state index contributed by atoms with van der Waals surface area (Å²) in [5, 5.41) is 0. The van der Waals surface area contributed by atoms with E-state index in [1.54, 1.807) is 6.11 Å². The molecule has 1 rings (SSSR count). The molecule has 0 aromatic rings. The second kappa shape index (κ2) is 2.40. The van der Waals surface area contributed by atoms with Crippen LogP contribution in [0.5, 0.6) is 0 Å². The first-order valence-corrected chi connectivity index (χ1v) is 3.76. The Morgan fingerprint density at radius 2 is 2.11 bits per heavy atom. The molecular weight excluding hydrogens is 143 g/mol. The van der Waals surface area contributed by atoms with Crippen LogP contribution in [0.4, 0.5) is 0 Å². The molecule has 0 spiro atoms. The molecule has 1 aliphatic heterocycles. The lowest BCUT2D eigenvalue weighted by Crippen LogP contribution is -1.80. The Kier molecular flexibility index (Phi) is 1.77. The molecular formula is C4H5O4P.